The van der Waals surface area contributed by atoms with Crippen molar-refractivity contribution in [3.63, 3.8) is 0 Å². The summed E-state index contributed by atoms with van der Waals surface area (Å²) in [5, 5.41) is 0. The summed E-state index contributed by atoms with van der Waals surface area (Å²) in [4.78, 5) is 2.21. The number of nitrogens with zero attached hydrogens (tertiary/aromatic N) is 1. The van der Waals surface area contributed by atoms with E-state index in [0.29, 0.717) is 12.5 Å². The molecule has 0 fully saturated rings. The van der Waals surface area contributed by atoms with Crippen molar-refractivity contribution >= 4 is 0 Å². The number of likely N-dealkylation sites (N-methyl/N-ethyl adjacent to an activating group) is 1. The van der Waals surface area contributed by atoms with E-state index in [-0.39, 0.29) is 12.0 Å². The Hall–Kier alpha value is -1.78. The van der Waals surface area contributed by atoms with Crippen LogP contribution in [0, 0.1) is 11.6 Å². The van der Waals surface area contributed by atoms with Gasteiger partial charge in [-0.3, -0.25) is 4.90 Å². The summed E-state index contributed by atoms with van der Waals surface area (Å²) in [6.45, 7) is 5.60. The third kappa shape index (κ3) is 2.96. The van der Waals surface area contributed by atoms with Crippen molar-refractivity contribution in [1.82, 2.24) is 4.90 Å². The van der Waals surface area contributed by atoms with Crippen LogP contribution in [-0.4, -0.2) is 25.0 Å². The number of nitrogens with two attached hydrogens (primary N) is 1. The van der Waals surface area contributed by atoms with Crippen LogP contribution in [0.4, 0.5) is 8.78 Å². The predicted octanol–water partition coefficient (Wildman–Crippen LogP) is 4.17. The van der Waals surface area contributed by atoms with E-state index in [2.05, 4.69) is 36.9 Å². The minimum absolute atomic E-state index is 0.0177. The molecular weight excluding hydrogens is 306 g/mol. The van der Waals surface area contributed by atoms with Crippen LogP contribution >= 0.6 is 0 Å². The van der Waals surface area contributed by atoms with Gasteiger partial charge in [-0.25, -0.2) is 8.78 Å². The van der Waals surface area contributed by atoms with Gasteiger partial charge < -0.3 is 5.73 Å². The second-order valence-electron chi connectivity index (χ2n) is 6.96. The maximum atomic E-state index is 13.7. The molecule has 3 rings (SSSR count). The number of hydrogen-bond acceptors (Lipinski definition) is 2. The summed E-state index contributed by atoms with van der Waals surface area (Å²) < 4.78 is 27.0. The van der Waals surface area contributed by atoms with E-state index in [9.17, 15) is 8.78 Å². The van der Waals surface area contributed by atoms with Gasteiger partial charge in [0, 0.05) is 25.0 Å². The molecule has 1 aliphatic rings. The normalized spacial score (nSPS) is 21.1. The maximum Gasteiger partial charge on any atom is 0.159 e. The van der Waals surface area contributed by atoms with Gasteiger partial charge in [0.2, 0.25) is 0 Å². The molecule has 2 aromatic carbocycles. The van der Waals surface area contributed by atoms with E-state index in [1.54, 1.807) is 6.07 Å². The van der Waals surface area contributed by atoms with Gasteiger partial charge in [-0.2, -0.15) is 0 Å². The summed E-state index contributed by atoms with van der Waals surface area (Å²) in [5.74, 6) is -1.15. The molecule has 0 saturated heterocycles. The average Bonchev–Trinajstić information content (AvgIpc) is 2.56. The molecule has 0 amide bonds. The number of rotatable bonds is 3. The van der Waals surface area contributed by atoms with Crippen LogP contribution in [0.2, 0.25) is 0 Å². The number of fused-ring (bicyclic) bond motifs is 1. The highest BCUT2D eigenvalue weighted by atomic mass is 19.2. The lowest BCUT2D eigenvalue weighted by molar-refractivity contribution is 0.223. The minimum Gasteiger partial charge on any atom is -0.329 e. The molecule has 2 atom stereocenters. The van der Waals surface area contributed by atoms with Crippen molar-refractivity contribution in [2.75, 3.05) is 20.1 Å². The highest BCUT2D eigenvalue weighted by molar-refractivity contribution is 5.45. The van der Waals surface area contributed by atoms with E-state index < -0.39 is 11.6 Å². The van der Waals surface area contributed by atoms with Crippen molar-refractivity contribution in [3.05, 3.63) is 70.3 Å². The van der Waals surface area contributed by atoms with Crippen LogP contribution in [-0.2, 0) is 0 Å². The molecule has 2 nitrogen and oxygen atoms in total. The molecule has 128 valence electrons. The number of halogens is 2. The third-order valence-corrected chi connectivity index (χ3v) is 5.08. The van der Waals surface area contributed by atoms with Crippen LogP contribution < -0.4 is 5.73 Å². The Labute approximate surface area is 142 Å². The standard InChI is InChI=1S/C20H24F2N2/c1-12(2)13-4-6-15-16(8-13)20(10-23)24(3)11-17(15)14-5-7-18(21)19(22)9-14/h4-9,12,17,20H,10-11,23H2,1-3H3. The van der Waals surface area contributed by atoms with E-state index in [0.717, 1.165) is 12.1 Å². The smallest absolute Gasteiger partial charge is 0.159 e. The SMILES string of the molecule is CC(C)c1ccc2c(c1)C(CN)N(C)CC2c1ccc(F)c(F)c1. The first-order chi connectivity index (χ1) is 11.4. The Morgan fingerprint density at radius 3 is 2.46 bits per heavy atom. The van der Waals surface area contributed by atoms with Crippen LogP contribution in [0.3, 0.4) is 0 Å². The maximum absolute atomic E-state index is 13.7. The fourth-order valence-electron chi connectivity index (χ4n) is 3.63. The Balaban J connectivity index is 2.12. The van der Waals surface area contributed by atoms with Gasteiger partial charge in [0.25, 0.3) is 0 Å². The summed E-state index contributed by atoms with van der Waals surface area (Å²) in [7, 11) is 2.04. The van der Waals surface area contributed by atoms with Gasteiger partial charge in [0.05, 0.1) is 0 Å². The van der Waals surface area contributed by atoms with E-state index in [4.69, 9.17) is 5.73 Å². The Morgan fingerprint density at radius 1 is 1.08 bits per heavy atom. The van der Waals surface area contributed by atoms with E-state index >= 15 is 0 Å². The second kappa shape index (κ2) is 6.61. The van der Waals surface area contributed by atoms with Crippen LogP contribution in [0.1, 0.15) is 54.0 Å². The first kappa shape index (κ1) is 17.1. The lowest BCUT2D eigenvalue weighted by Crippen LogP contribution is -2.39. The van der Waals surface area contributed by atoms with Crippen molar-refractivity contribution in [2.45, 2.75) is 31.7 Å². The van der Waals surface area contributed by atoms with Crippen molar-refractivity contribution in [2.24, 2.45) is 5.73 Å². The summed E-state index contributed by atoms with van der Waals surface area (Å²) in [5.41, 5.74) is 10.4. The molecule has 4 heteroatoms. The van der Waals surface area contributed by atoms with Crippen molar-refractivity contribution < 1.29 is 8.78 Å². The predicted molar refractivity (Wildman–Crippen MR) is 93.2 cm³/mol. The van der Waals surface area contributed by atoms with Crippen LogP contribution in [0.15, 0.2) is 36.4 Å². The Bertz CT molecular complexity index is 742. The average molecular weight is 330 g/mol. The highest BCUT2D eigenvalue weighted by Gasteiger charge is 2.31. The zero-order valence-electron chi connectivity index (χ0n) is 14.4. The number of benzene rings is 2. The number of hydrogen-bond donors (Lipinski definition) is 1. The molecule has 2 N–H and O–H groups in total. The molecular formula is C20H24F2N2. The van der Waals surface area contributed by atoms with Crippen LogP contribution in [0.5, 0.6) is 0 Å². The molecule has 24 heavy (non-hydrogen) atoms. The summed E-state index contributed by atoms with van der Waals surface area (Å²) >= 11 is 0. The highest BCUT2D eigenvalue weighted by Crippen LogP contribution is 2.39. The van der Waals surface area contributed by atoms with Gasteiger partial charge in [0.15, 0.2) is 11.6 Å². The lowest BCUT2D eigenvalue weighted by atomic mass is 9.80. The largest absolute Gasteiger partial charge is 0.329 e. The summed E-state index contributed by atoms with van der Waals surface area (Å²) in [6.07, 6.45) is 0. The van der Waals surface area contributed by atoms with Crippen molar-refractivity contribution in [3.8, 4) is 0 Å². The third-order valence-electron chi connectivity index (χ3n) is 5.08. The fraction of sp³-hybridized carbons (Fsp3) is 0.400. The van der Waals surface area contributed by atoms with Gasteiger partial charge in [-0.05, 0) is 47.4 Å². The molecule has 2 aromatic rings. The Kier molecular flexibility index (Phi) is 4.70. The van der Waals surface area contributed by atoms with Gasteiger partial charge in [-0.1, -0.05) is 38.1 Å². The fourth-order valence-corrected chi connectivity index (χ4v) is 3.63. The van der Waals surface area contributed by atoms with Crippen molar-refractivity contribution in [1.29, 1.82) is 0 Å². The molecule has 2 unspecified atom stereocenters. The second-order valence-corrected chi connectivity index (χ2v) is 6.96. The molecule has 1 heterocycles. The molecule has 0 aromatic heterocycles. The van der Waals surface area contributed by atoms with Gasteiger partial charge >= 0.3 is 0 Å². The minimum atomic E-state index is -0.807. The lowest BCUT2D eigenvalue weighted by Gasteiger charge is -2.39. The van der Waals surface area contributed by atoms with Crippen LogP contribution in [0.25, 0.3) is 0 Å². The topological polar surface area (TPSA) is 29.3 Å². The monoisotopic (exact) mass is 330 g/mol. The van der Waals surface area contributed by atoms with E-state index in [1.165, 1.54) is 28.8 Å². The summed E-state index contributed by atoms with van der Waals surface area (Å²) in [6, 6.07) is 10.8. The molecule has 1 aliphatic heterocycles. The zero-order chi connectivity index (χ0) is 17.4. The van der Waals surface area contributed by atoms with E-state index in [1.807, 2.05) is 7.05 Å². The quantitative estimate of drug-likeness (QED) is 0.915. The first-order valence-corrected chi connectivity index (χ1v) is 8.41. The van der Waals surface area contributed by atoms with Gasteiger partial charge in [0.1, 0.15) is 0 Å². The molecule has 0 aliphatic carbocycles. The Morgan fingerprint density at radius 2 is 1.83 bits per heavy atom. The molecule has 0 spiro atoms. The molecule has 0 saturated carbocycles. The molecule has 0 radical (unpaired) electrons. The van der Waals surface area contributed by atoms with Gasteiger partial charge in [-0.15, -0.1) is 0 Å². The molecule has 0 bridgehead atoms. The first-order valence-electron chi connectivity index (χ1n) is 8.41. The zero-order valence-corrected chi connectivity index (χ0v) is 14.4.